The number of alkyl carbamates (subject to hydrolysis) is 1. The van der Waals surface area contributed by atoms with Gasteiger partial charge >= 0.3 is 12.1 Å². The van der Waals surface area contributed by atoms with Gasteiger partial charge in [-0.25, -0.2) is 19.3 Å². The zero-order valence-electron chi connectivity index (χ0n) is 22.0. The van der Waals surface area contributed by atoms with Crippen molar-refractivity contribution in [1.82, 2.24) is 25.0 Å². The number of nitrogens with one attached hydrogen (secondary N) is 1. The van der Waals surface area contributed by atoms with E-state index in [4.69, 9.17) is 18.9 Å². The van der Waals surface area contributed by atoms with Crippen LogP contribution in [0.5, 0.6) is 11.5 Å². The number of rotatable bonds is 7. The number of carbonyl (C=O) groups is 3. The fraction of sp³-hybridized carbons (Fsp3) is 0.423. The molecule has 1 aromatic carbocycles. The number of esters is 1. The highest BCUT2D eigenvalue weighted by Crippen LogP contribution is 2.32. The number of methoxy groups -OCH3 is 2. The molecule has 2 amide bonds. The second-order valence-corrected chi connectivity index (χ2v) is 9.73. The lowest BCUT2D eigenvalue weighted by Crippen LogP contribution is -2.46. The highest BCUT2D eigenvalue weighted by atomic mass is 16.6. The van der Waals surface area contributed by atoms with Crippen LogP contribution in [0.2, 0.25) is 0 Å². The first-order valence-electron chi connectivity index (χ1n) is 12.1. The summed E-state index contributed by atoms with van der Waals surface area (Å²) in [6.07, 6.45) is 2.37. The summed E-state index contributed by atoms with van der Waals surface area (Å²) in [5, 5.41) is 7.43. The molecular formula is C26H31N5O7. The normalized spacial score (nSPS) is 17.2. The van der Waals surface area contributed by atoms with Crippen LogP contribution in [0.15, 0.2) is 42.7 Å². The molecule has 12 heteroatoms. The summed E-state index contributed by atoms with van der Waals surface area (Å²) in [6.45, 7) is 4.95. The number of amides is 2. The summed E-state index contributed by atoms with van der Waals surface area (Å²) in [4.78, 5) is 43.6. The van der Waals surface area contributed by atoms with Crippen molar-refractivity contribution in [3.05, 3.63) is 42.7 Å². The van der Waals surface area contributed by atoms with E-state index in [-0.39, 0.29) is 19.5 Å². The van der Waals surface area contributed by atoms with Gasteiger partial charge in [0, 0.05) is 36.3 Å². The molecule has 1 aliphatic heterocycles. The molecule has 0 radical (unpaired) electrons. The molecule has 0 spiro atoms. The molecule has 0 aliphatic carbocycles. The maximum atomic E-state index is 13.0. The van der Waals surface area contributed by atoms with Crippen LogP contribution >= 0.6 is 0 Å². The van der Waals surface area contributed by atoms with E-state index in [0.717, 1.165) is 5.39 Å². The number of hydrogen-bond acceptors (Lipinski definition) is 9. The average molecular weight is 526 g/mol. The Morgan fingerprint density at radius 2 is 1.95 bits per heavy atom. The zero-order chi connectivity index (χ0) is 27.4. The second kappa shape index (κ2) is 11.0. The number of benzene rings is 1. The molecule has 0 saturated carbocycles. The monoisotopic (exact) mass is 525 g/mol. The number of aromatic nitrogens is 3. The van der Waals surface area contributed by atoms with Crippen molar-refractivity contribution in [3.8, 4) is 17.3 Å². The molecule has 202 valence electrons. The maximum absolute atomic E-state index is 13.0. The molecule has 1 aliphatic rings. The van der Waals surface area contributed by atoms with Gasteiger partial charge in [0.1, 0.15) is 35.8 Å². The van der Waals surface area contributed by atoms with Gasteiger partial charge in [0.15, 0.2) is 5.82 Å². The number of hydrogen-bond donors (Lipinski definition) is 1. The van der Waals surface area contributed by atoms with Crippen molar-refractivity contribution in [2.24, 2.45) is 0 Å². The van der Waals surface area contributed by atoms with Crippen LogP contribution in [0.25, 0.3) is 16.7 Å². The van der Waals surface area contributed by atoms with Crippen molar-refractivity contribution in [1.29, 1.82) is 0 Å². The Kier molecular flexibility index (Phi) is 7.70. The number of ether oxygens (including phenoxy) is 4. The molecule has 12 nitrogen and oxygen atoms in total. The quantitative estimate of drug-likeness (QED) is 0.462. The molecule has 0 bridgehead atoms. The van der Waals surface area contributed by atoms with Crippen molar-refractivity contribution < 1.29 is 33.3 Å². The fourth-order valence-electron chi connectivity index (χ4n) is 4.17. The van der Waals surface area contributed by atoms with E-state index < -0.39 is 35.7 Å². The molecular weight excluding hydrogens is 494 g/mol. The lowest BCUT2D eigenvalue weighted by Gasteiger charge is -2.23. The number of nitrogens with zero attached hydrogens (tertiary/aromatic N) is 4. The van der Waals surface area contributed by atoms with Gasteiger partial charge in [-0.2, -0.15) is 5.10 Å². The summed E-state index contributed by atoms with van der Waals surface area (Å²) in [5.41, 5.74) is -0.0787. The van der Waals surface area contributed by atoms with E-state index in [1.54, 1.807) is 69.2 Å². The second-order valence-electron chi connectivity index (χ2n) is 9.73. The molecule has 1 fully saturated rings. The predicted octanol–water partition coefficient (Wildman–Crippen LogP) is 2.48. The summed E-state index contributed by atoms with van der Waals surface area (Å²) in [5.74, 6) is 0.650. The van der Waals surface area contributed by atoms with E-state index in [2.05, 4.69) is 15.4 Å². The molecule has 4 rings (SSSR count). The first-order chi connectivity index (χ1) is 18.1. The van der Waals surface area contributed by atoms with Crippen molar-refractivity contribution in [2.45, 2.75) is 44.9 Å². The zero-order valence-corrected chi connectivity index (χ0v) is 22.0. The van der Waals surface area contributed by atoms with Crippen LogP contribution < -0.4 is 14.8 Å². The van der Waals surface area contributed by atoms with Gasteiger partial charge < -0.3 is 29.2 Å². The first kappa shape index (κ1) is 26.7. The van der Waals surface area contributed by atoms with Crippen LogP contribution in [-0.4, -0.2) is 82.7 Å². The molecule has 1 N–H and O–H groups in total. The molecule has 3 aromatic rings. The van der Waals surface area contributed by atoms with E-state index in [9.17, 15) is 14.4 Å². The predicted molar refractivity (Wildman–Crippen MR) is 136 cm³/mol. The third-order valence-electron chi connectivity index (χ3n) is 5.84. The van der Waals surface area contributed by atoms with Gasteiger partial charge in [-0.3, -0.25) is 4.79 Å². The van der Waals surface area contributed by atoms with E-state index in [1.807, 2.05) is 6.07 Å². The van der Waals surface area contributed by atoms with Gasteiger partial charge in [-0.15, -0.1) is 0 Å². The molecule has 1 saturated heterocycles. The maximum Gasteiger partial charge on any atom is 0.408 e. The topological polar surface area (TPSA) is 134 Å². The van der Waals surface area contributed by atoms with Crippen molar-refractivity contribution in [2.75, 3.05) is 27.3 Å². The van der Waals surface area contributed by atoms with E-state index >= 15 is 0 Å². The Morgan fingerprint density at radius 1 is 1.16 bits per heavy atom. The van der Waals surface area contributed by atoms with E-state index in [1.165, 1.54) is 12.0 Å². The van der Waals surface area contributed by atoms with Gasteiger partial charge in [-0.05, 0) is 39.0 Å². The fourth-order valence-corrected chi connectivity index (χ4v) is 4.17. The summed E-state index contributed by atoms with van der Waals surface area (Å²) < 4.78 is 23.4. The Bertz CT molecular complexity index is 1320. The highest BCUT2D eigenvalue weighted by molar-refractivity contribution is 5.89. The Balaban J connectivity index is 1.56. The summed E-state index contributed by atoms with van der Waals surface area (Å²) >= 11 is 0. The standard InChI is InChI=1S/C26H31N5O7/c1-26(2,3)38-25(34)27-14-23(32)30-15-17(12-20(30)24(33)36-5)37-21-13-22(31-10-6-9-28-31)29-19-11-16(35-4)7-8-18(19)21/h6-11,13,17,20H,12,14-15H2,1-5H3,(H,27,34)/t17-,20?/m1/s1. The van der Waals surface area contributed by atoms with Gasteiger partial charge in [0.25, 0.3) is 0 Å². The smallest absolute Gasteiger partial charge is 0.408 e. The van der Waals surface area contributed by atoms with Gasteiger partial charge in [-0.1, -0.05) is 0 Å². The molecule has 2 aromatic heterocycles. The third kappa shape index (κ3) is 6.13. The third-order valence-corrected chi connectivity index (χ3v) is 5.84. The number of likely N-dealkylation sites (tertiary alicyclic amines) is 1. The van der Waals surface area contributed by atoms with Crippen molar-refractivity contribution >= 4 is 28.9 Å². The highest BCUT2D eigenvalue weighted by Gasteiger charge is 2.41. The van der Waals surface area contributed by atoms with Gasteiger partial charge in [0.2, 0.25) is 5.91 Å². The minimum Gasteiger partial charge on any atom is -0.497 e. The van der Waals surface area contributed by atoms with Crippen molar-refractivity contribution in [3.63, 3.8) is 0 Å². The largest absolute Gasteiger partial charge is 0.497 e. The number of carbonyl (C=O) groups excluding carboxylic acids is 3. The van der Waals surface area contributed by atoms with Crippen LogP contribution in [0.1, 0.15) is 27.2 Å². The SMILES string of the molecule is COC(=O)C1C[C@@H](Oc2cc(-n3cccn3)nc3cc(OC)ccc23)CN1C(=O)CNC(=O)OC(C)(C)C. The average Bonchev–Trinajstić information content (AvgIpc) is 3.56. The van der Waals surface area contributed by atoms with Crippen LogP contribution in [0, 0.1) is 0 Å². The van der Waals surface area contributed by atoms with Crippen LogP contribution in [0.4, 0.5) is 4.79 Å². The minimum absolute atomic E-state index is 0.117. The molecule has 1 unspecified atom stereocenters. The molecule has 2 atom stereocenters. The minimum atomic E-state index is -0.864. The molecule has 38 heavy (non-hydrogen) atoms. The van der Waals surface area contributed by atoms with Gasteiger partial charge in [0.05, 0.1) is 26.3 Å². The number of pyridine rings is 1. The van der Waals surface area contributed by atoms with E-state index in [0.29, 0.717) is 22.8 Å². The Hall–Kier alpha value is -4.35. The summed E-state index contributed by atoms with van der Waals surface area (Å²) in [7, 11) is 2.84. The van der Waals surface area contributed by atoms with Crippen LogP contribution in [0.3, 0.4) is 0 Å². The number of fused-ring (bicyclic) bond motifs is 1. The Morgan fingerprint density at radius 3 is 2.61 bits per heavy atom. The lowest BCUT2D eigenvalue weighted by atomic mass is 10.1. The first-order valence-corrected chi connectivity index (χ1v) is 12.1. The Labute approximate surface area is 219 Å². The lowest BCUT2D eigenvalue weighted by molar-refractivity contribution is -0.150. The van der Waals surface area contributed by atoms with Crippen LogP contribution in [-0.2, 0) is 19.1 Å². The molecule has 3 heterocycles. The summed E-state index contributed by atoms with van der Waals surface area (Å²) in [6, 6.07) is 8.10.